The number of pyridine rings is 1. The van der Waals surface area contributed by atoms with Gasteiger partial charge in [-0.3, -0.25) is 9.78 Å². The number of halogens is 1. The Labute approximate surface area is 134 Å². The van der Waals surface area contributed by atoms with E-state index in [0.717, 1.165) is 5.69 Å². The van der Waals surface area contributed by atoms with E-state index < -0.39 is 5.95 Å². The average Bonchev–Trinajstić information content (AvgIpc) is 2.55. The van der Waals surface area contributed by atoms with Crippen LogP contribution in [0.4, 0.5) is 10.2 Å². The van der Waals surface area contributed by atoms with Gasteiger partial charge in [0.1, 0.15) is 11.5 Å². The van der Waals surface area contributed by atoms with Crippen LogP contribution in [-0.2, 0) is 0 Å². The van der Waals surface area contributed by atoms with Crippen LogP contribution >= 0.6 is 0 Å². The van der Waals surface area contributed by atoms with Crippen molar-refractivity contribution in [2.24, 2.45) is 0 Å². The highest BCUT2D eigenvalue weighted by molar-refractivity contribution is 5.92. The van der Waals surface area contributed by atoms with E-state index in [9.17, 15) is 9.18 Å². The number of piperazine rings is 1. The van der Waals surface area contributed by atoms with Crippen LogP contribution in [0.25, 0.3) is 0 Å². The zero-order valence-corrected chi connectivity index (χ0v) is 13.1. The van der Waals surface area contributed by atoms with Gasteiger partial charge in [0.2, 0.25) is 5.95 Å². The van der Waals surface area contributed by atoms with Crippen LogP contribution in [-0.4, -0.2) is 51.4 Å². The van der Waals surface area contributed by atoms with E-state index in [-0.39, 0.29) is 11.9 Å². The van der Waals surface area contributed by atoms with E-state index in [1.165, 1.54) is 12.3 Å². The van der Waals surface area contributed by atoms with Crippen molar-refractivity contribution in [3.63, 3.8) is 0 Å². The maximum absolute atomic E-state index is 13.3. The highest BCUT2D eigenvalue weighted by atomic mass is 19.1. The number of aryl methyl sites for hydroxylation is 1. The fraction of sp³-hybridized carbons (Fsp3) is 0.375. The Morgan fingerprint density at radius 1 is 1.26 bits per heavy atom. The van der Waals surface area contributed by atoms with E-state index in [1.54, 1.807) is 23.2 Å². The summed E-state index contributed by atoms with van der Waals surface area (Å²) >= 11 is 0. The molecule has 120 valence electrons. The Hall–Kier alpha value is -2.57. The molecular weight excluding hydrogens is 297 g/mol. The summed E-state index contributed by atoms with van der Waals surface area (Å²) in [5, 5.41) is 0. The van der Waals surface area contributed by atoms with E-state index in [4.69, 9.17) is 0 Å². The first kappa shape index (κ1) is 15.3. The smallest absolute Gasteiger partial charge is 0.274 e. The molecule has 1 aliphatic heterocycles. The van der Waals surface area contributed by atoms with Crippen molar-refractivity contribution in [3.8, 4) is 0 Å². The number of amides is 1. The standard InChI is InChI=1S/C16H18FN5O/c1-11-8-19-13(9-18-11)16(23)21-6-7-22(12(2)10-21)15-5-3-4-14(17)20-15/h3-5,8-9,12H,6-7,10H2,1-2H3. The average molecular weight is 315 g/mol. The Balaban J connectivity index is 1.71. The highest BCUT2D eigenvalue weighted by Crippen LogP contribution is 2.19. The van der Waals surface area contributed by atoms with Crippen LogP contribution in [0, 0.1) is 12.9 Å². The molecule has 0 bridgehead atoms. The lowest BCUT2D eigenvalue weighted by Crippen LogP contribution is -2.54. The summed E-state index contributed by atoms with van der Waals surface area (Å²) < 4.78 is 13.3. The molecule has 0 aromatic carbocycles. The number of aromatic nitrogens is 3. The molecule has 23 heavy (non-hydrogen) atoms. The predicted octanol–water partition coefficient (Wildman–Crippen LogP) is 1.67. The van der Waals surface area contributed by atoms with E-state index in [1.807, 2.05) is 18.7 Å². The lowest BCUT2D eigenvalue weighted by atomic mass is 10.1. The first-order valence-corrected chi connectivity index (χ1v) is 7.51. The van der Waals surface area contributed by atoms with Crippen molar-refractivity contribution in [1.82, 2.24) is 19.9 Å². The monoisotopic (exact) mass is 315 g/mol. The van der Waals surface area contributed by atoms with Gasteiger partial charge in [0, 0.05) is 31.9 Å². The van der Waals surface area contributed by atoms with E-state index in [2.05, 4.69) is 15.0 Å². The largest absolute Gasteiger partial charge is 0.350 e. The van der Waals surface area contributed by atoms with E-state index >= 15 is 0 Å². The summed E-state index contributed by atoms with van der Waals surface area (Å²) in [4.78, 5) is 28.4. The molecule has 1 unspecified atom stereocenters. The van der Waals surface area contributed by atoms with Gasteiger partial charge in [0.15, 0.2) is 0 Å². The van der Waals surface area contributed by atoms with Gasteiger partial charge in [-0.25, -0.2) is 9.97 Å². The normalized spacial score (nSPS) is 18.1. The number of carbonyl (C=O) groups is 1. The third kappa shape index (κ3) is 3.28. The van der Waals surface area contributed by atoms with Gasteiger partial charge < -0.3 is 9.80 Å². The number of rotatable bonds is 2. The molecule has 0 N–H and O–H groups in total. The number of nitrogens with zero attached hydrogens (tertiary/aromatic N) is 5. The summed E-state index contributed by atoms with van der Waals surface area (Å²) in [7, 11) is 0. The second kappa shape index (κ2) is 6.28. The third-order valence-electron chi connectivity index (χ3n) is 3.91. The Bertz CT molecular complexity index is 706. The molecule has 2 aromatic heterocycles. The number of hydrogen-bond donors (Lipinski definition) is 0. The van der Waals surface area contributed by atoms with Crippen molar-refractivity contribution in [2.75, 3.05) is 24.5 Å². The fourth-order valence-corrected chi connectivity index (χ4v) is 2.70. The van der Waals surface area contributed by atoms with Gasteiger partial charge in [-0.15, -0.1) is 0 Å². The SMILES string of the molecule is Cc1cnc(C(=O)N2CCN(c3cccc(F)n3)C(C)C2)cn1. The summed E-state index contributed by atoms with van der Waals surface area (Å²) in [5.41, 5.74) is 1.12. The van der Waals surface area contributed by atoms with Crippen LogP contribution in [0.2, 0.25) is 0 Å². The highest BCUT2D eigenvalue weighted by Gasteiger charge is 2.28. The fourth-order valence-electron chi connectivity index (χ4n) is 2.70. The molecule has 3 rings (SSSR count). The van der Waals surface area contributed by atoms with Crippen molar-refractivity contribution in [2.45, 2.75) is 19.9 Å². The molecule has 1 amide bonds. The topological polar surface area (TPSA) is 62.2 Å². The van der Waals surface area contributed by atoms with Crippen molar-refractivity contribution >= 4 is 11.7 Å². The third-order valence-corrected chi connectivity index (χ3v) is 3.91. The van der Waals surface area contributed by atoms with Crippen LogP contribution in [0.5, 0.6) is 0 Å². The molecule has 0 radical (unpaired) electrons. The second-order valence-corrected chi connectivity index (χ2v) is 5.66. The van der Waals surface area contributed by atoms with Gasteiger partial charge in [-0.05, 0) is 26.0 Å². The zero-order chi connectivity index (χ0) is 16.4. The van der Waals surface area contributed by atoms with Gasteiger partial charge in [0.05, 0.1) is 11.9 Å². The minimum absolute atomic E-state index is 0.0420. The van der Waals surface area contributed by atoms with Crippen molar-refractivity contribution < 1.29 is 9.18 Å². The molecule has 3 heterocycles. The minimum atomic E-state index is -0.497. The van der Waals surface area contributed by atoms with Crippen LogP contribution in [0.15, 0.2) is 30.6 Å². The number of carbonyl (C=O) groups excluding carboxylic acids is 1. The molecule has 7 heteroatoms. The number of hydrogen-bond acceptors (Lipinski definition) is 5. The van der Waals surface area contributed by atoms with Crippen molar-refractivity contribution in [1.29, 1.82) is 0 Å². The van der Waals surface area contributed by atoms with Crippen LogP contribution in [0.3, 0.4) is 0 Å². The molecule has 2 aromatic rings. The summed E-state index contributed by atoms with van der Waals surface area (Å²) in [5.74, 6) is -0.0286. The lowest BCUT2D eigenvalue weighted by Gasteiger charge is -2.40. The summed E-state index contributed by atoms with van der Waals surface area (Å²) in [6.07, 6.45) is 3.09. The van der Waals surface area contributed by atoms with E-state index in [0.29, 0.717) is 31.1 Å². The molecule has 0 saturated carbocycles. The van der Waals surface area contributed by atoms with Gasteiger partial charge in [0.25, 0.3) is 5.91 Å². The van der Waals surface area contributed by atoms with Gasteiger partial charge in [-0.2, -0.15) is 4.39 Å². The van der Waals surface area contributed by atoms with Gasteiger partial charge >= 0.3 is 0 Å². The summed E-state index contributed by atoms with van der Waals surface area (Å²) in [6, 6.07) is 4.79. The van der Waals surface area contributed by atoms with Crippen molar-refractivity contribution in [3.05, 3.63) is 47.9 Å². The molecule has 1 fully saturated rings. The van der Waals surface area contributed by atoms with Crippen LogP contribution in [0.1, 0.15) is 23.1 Å². The maximum atomic E-state index is 13.3. The quantitative estimate of drug-likeness (QED) is 0.789. The first-order chi connectivity index (χ1) is 11.0. The molecule has 6 nitrogen and oxygen atoms in total. The molecule has 0 aliphatic carbocycles. The molecular formula is C16H18FN5O. The summed E-state index contributed by atoms with van der Waals surface area (Å²) in [6.45, 7) is 5.49. The first-order valence-electron chi connectivity index (χ1n) is 7.51. The Kier molecular flexibility index (Phi) is 4.18. The maximum Gasteiger partial charge on any atom is 0.274 e. The Morgan fingerprint density at radius 3 is 2.74 bits per heavy atom. The second-order valence-electron chi connectivity index (χ2n) is 5.66. The lowest BCUT2D eigenvalue weighted by molar-refractivity contribution is 0.0719. The molecule has 1 saturated heterocycles. The molecule has 1 aliphatic rings. The molecule has 0 spiro atoms. The molecule has 1 atom stereocenters. The number of anilines is 1. The minimum Gasteiger partial charge on any atom is -0.350 e. The van der Waals surface area contributed by atoms with Crippen LogP contribution < -0.4 is 4.90 Å². The van der Waals surface area contributed by atoms with Gasteiger partial charge in [-0.1, -0.05) is 6.07 Å². The zero-order valence-electron chi connectivity index (χ0n) is 13.1. The predicted molar refractivity (Wildman–Crippen MR) is 83.7 cm³/mol. The Morgan fingerprint density at radius 2 is 2.09 bits per heavy atom.